The number of nitrogens with zero attached hydrogens (tertiary/aromatic N) is 2. The molecule has 5 nitrogen and oxygen atoms in total. The summed E-state index contributed by atoms with van der Waals surface area (Å²) in [5.41, 5.74) is 0. The molecular formula is C20H31N3O2S. The SMILES string of the molecule is CC(C)CNC(=O)c1ccc(C2CCCN2C(=O)CN2CCCCC2)s1. The molecule has 2 amide bonds. The monoisotopic (exact) mass is 377 g/mol. The van der Waals surface area contributed by atoms with Crippen molar-refractivity contribution in [2.75, 3.05) is 32.7 Å². The van der Waals surface area contributed by atoms with Crippen LogP contribution in [-0.4, -0.2) is 54.3 Å². The van der Waals surface area contributed by atoms with Crippen LogP contribution in [0.15, 0.2) is 12.1 Å². The van der Waals surface area contributed by atoms with Gasteiger partial charge in [-0.05, 0) is 56.8 Å². The van der Waals surface area contributed by atoms with Gasteiger partial charge in [0.05, 0.1) is 17.5 Å². The third-order valence-electron chi connectivity index (χ3n) is 5.23. The maximum absolute atomic E-state index is 12.8. The first-order chi connectivity index (χ1) is 12.5. The molecule has 26 heavy (non-hydrogen) atoms. The van der Waals surface area contributed by atoms with Gasteiger partial charge >= 0.3 is 0 Å². The second-order valence-electron chi connectivity index (χ2n) is 7.89. The minimum Gasteiger partial charge on any atom is -0.351 e. The Morgan fingerprint density at radius 3 is 2.65 bits per heavy atom. The number of hydrogen-bond donors (Lipinski definition) is 1. The van der Waals surface area contributed by atoms with Gasteiger partial charge in [-0.15, -0.1) is 11.3 Å². The summed E-state index contributed by atoms with van der Waals surface area (Å²) < 4.78 is 0. The fraction of sp³-hybridized carbons (Fsp3) is 0.700. The molecule has 144 valence electrons. The molecule has 1 aromatic heterocycles. The van der Waals surface area contributed by atoms with Gasteiger partial charge in [0, 0.05) is 18.0 Å². The number of nitrogens with one attached hydrogen (secondary N) is 1. The van der Waals surface area contributed by atoms with E-state index in [1.54, 1.807) is 0 Å². The summed E-state index contributed by atoms with van der Waals surface area (Å²) in [6, 6.07) is 4.08. The Kier molecular flexibility index (Phi) is 6.70. The molecule has 1 unspecified atom stereocenters. The van der Waals surface area contributed by atoms with E-state index >= 15 is 0 Å². The van der Waals surface area contributed by atoms with E-state index in [4.69, 9.17) is 0 Å². The fourth-order valence-corrected chi connectivity index (χ4v) is 4.87. The highest BCUT2D eigenvalue weighted by atomic mass is 32.1. The van der Waals surface area contributed by atoms with Crippen molar-refractivity contribution in [2.45, 2.75) is 52.0 Å². The summed E-state index contributed by atoms with van der Waals surface area (Å²) in [6.45, 7) is 8.34. The number of hydrogen-bond acceptors (Lipinski definition) is 4. The standard InChI is InChI=1S/C20H31N3O2S/c1-15(2)13-21-20(25)18-9-8-17(26-18)16-7-6-12-23(16)19(24)14-22-10-4-3-5-11-22/h8-9,15-16H,3-7,10-14H2,1-2H3,(H,21,25). The molecule has 0 saturated carbocycles. The summed E-state index contributed by atoms with van der Waals surface area (Å²) >= 11 is 1.54. The van der Waals surface area contributed by atoms with E-state index < -0.39 is 0 Å². The zero-order valence-electron chi connectivity index (χ0n) is 16.0. The van der Waals surface area contributed by atoms with Crippen molar-refractivity contribution in [3.63, 3.8) is 0 Å². The van der Waals surface area contributed by atoms with Crippen molar-refractivity contribution >= 4 is 23.2 Å². The van der Waals surface area contributed by atoms with E-state index in [1.807, 2.05) is 17.0 Å². The Morgan fingerprint density at radius 1 is 1.15 bits per heavy atom. The summed E-state index contributed by atoms with van der Waals surface area (Å²) in [6.07, 6.45) is 5.74. The third kappa shape index (κ3) is 4.86. The van der Waals surface area contributed by atoms with Crippen molar-refractivity contribution in [2.24, 2.45) is 5.92 Å². The van der Waals surface area contributed by atoms with E-state index in [1.165, 1.54) is 30.6 Å². The summed E-state index contributed by atoms with van der Waals surface area (Å²) in [4.78, 5) is 31.3. The van der Waals surface area contributed by atoms with Crippen LogP contribution < -0.4 is 5.32 Å². The molecule has 3 rings (SSSR count). The van der Waals surface area contributed by atoms with Crippen LogP contribution in [0.25, 0.3) is 0 Å². The Morgan fingerprint density at radius 2 is 1.92 bits per heavy atom. The first kappa shape index (κ1) is 19.4. The molecule has 0 bridgehead atoms. The number of thiophene rings is 1. The number of carbonyl (C=O) groups is 2. The maximum atomic E-state index is 12.8. The Labute approximate surface area is 160 Å². The smallest absolute Gasteiger partial charge is 0.261 e. The lowest BCUT2D eigenvalue weighted by Gasteiger charge is -2.30. The lowest BCUT2D eigenvalue weighted by Crippen LogP contribution is -2.41. The number of rotatable bonds is 6. The topological polar surface area (TPSA) is 52.7 Å². The van der Waals surface area contributed by atoms with Gasteiger partial charge in [0.25, 0.3) is 5.91 Å². The largest absolute Gasteiger partial charge is 0.351 e. The van der Waals surface area contributed by atoms with Crippen molar-refractivity contribution in [3.8, 4) is 0 Å². The lowest BCUT2D eigenvalue weighted by molar-refractivity contribution is -0.133. The Balaban J connectivity index is 1.60. The van der Waals surface area contributed by atoms with E-state index in [9.17, 15) is 9.59 Å². The van der Waals surface area contributed by atoms with Crippen LogP contribution in [-0.2, 0) is 4.79 Å². The molecule has 0 aliphatic carbocycles. The molecule has 0 radical (unpaired) electrons. The lowest BCUT2D eigenvalue weighted by atomic mass is 10.1. The predicted molar refractivity (Wildman–Crippen MR) is 105 cm³/mol. The van der Waals surface area contributed by atoms with E-state index in [2.05, 4.69) is 24.1 Å². The van der Waals surface area contributed by atoms with Crippen LogP contribution in [0.2, 0.25) is 0 Å². The highest BCUT2D eigenvalue weighted by Gasteiger charge is 2.32. The van der Waals surface area contributed by atoms with Crippen LogP contribution in [0.5, 0.6) is 0 Å². The molecule has 0 aromatic carbocycles. The molecule has 6 heteroatoms. The maximum Gasteiger partial charge on any atom is 0.261 e. The normalized spacial score (nSPS) is 21.3. The Hall–Kier alpha value is -1.40. The second-order valence-corrected chi connectivity index (χ2v) is 9.00. The highest BCUT2D eigenvalue weighted by Crippen LogP contribution is 2.36. The van der Waals surface area contributed by atoms with Gasteiger partial charge in [0.2, 0.25) is 5.91 Å². The quantitative estimate of drug-likeness (QED) is 0.828. The first-order valence-corrected chi connectivity index (χ1v) is 10.8. The van der Waals surface area contributed by atoms with Gasteiger partial charge in [-0.1, -0.05) is 20.3 Å². The zero-order chi connectivity index (χ0) is 18.5. The summed E-state index contributed by atoms with van der Waals surface area (Å²) in [7, 11) is 0. The van der Waals surface area contributed by atoms with Crippen LogP contribution >= 0.6 is 11.3 Å². The summed E-state index contributed by atoms with van der Waals surface area (Å²) in [5, 5.41) is 2.97. The number of carbonyl (C=O) groups excluding carboxylic acids is 2. The van der Waals surface area contributed by atoms with Gasteiger partial charge in [-0.25, -0.2) is 0 Å². The van der Waals surface area contributed by atoms with Crippen molar-refractivity contribution in [1.82, 2.24) is 15.1 Å². The van der Waals surface area contributed by atoms with Crippen LogP contribution in [0.4, 0.5) is 0 Å². The van der Waals surface area contributed by atoms with Crippen LogP contribution in [0.3, 0.4) is 0 Å². The molecule has 3 heterocycles. The van der Waals surface area contributed by atoms with Crippen molar-refractivity contribution in [3.05, 3.63) is 21.9 Å². The first-order valence-electron chi connectivity index (χ1n) is 9.94. The van der Waals surface area contributed by atoms with E-state index in [-0.39, 0.29) is 17.9 Å². The van der Waals surface area contributed by atoms with Gasteiger partial charge < -0.3 is 10.2 Å². The average molecular weight is 378 g/mol. The van der Waals surface area contributed by atoms with E-state index in [0.717, 1.165) is 42.2 Å². The molecule has 2 fully saturated rings. The second kappa shape index (κ2) is 9.00. The predicted octanol–water partition coefficient (Wildman–Crippen LogP) is 3.28. The van der Waals surface area contributed by atoms with Crippen molar-refractivity contribution < 1.29 is 9.59 Å². The Bertz CT molecular complexity index is 622. The van der Waals surface area contributed by atoms with E-state index in [0.29, 0.717) is 19.0 Å². The average Bonchev–Trinajstić information content (AvgIpc) is 3.29. The molecule has 0 spiro atoms. The van der Waals surface area contributed by atoms with Gasteiger partial charge in [-0.3, -0.25) is 14.5 Å². The number of amides is 2. The van der Waals surface area contributed by atoms with Gasteiger partial charge in [0.1, 0.15) is 0 Å². The van der Waals surface area contributed by atoms with Crippen LogP contribution in [0.1, 0.15) is 66.5 Å². The van der Waals surface area contributed by atoms with Gasteiger partial charge in [0.15, 0.2) is 0 Å². The molecule has 1 atom stereocenters. The van der Waals surface area contributed by atoms with Gasteiger partial charge in [-0.2, -0.15) is 0 Å². The minimum absolute atomic E-state index is 0.000796. The summed E-state index contributed by atoms with van der Waals surface area (Å²) in [5.74, 6) is 0.684. The fourth-order valence-electron chi connectivity index (χ4n) is 3.80. The minimum atomic E-state index is -0.000796. The molecule has 1 N–H and O–H groups in total. The number of likely N-dealkylation sites (tertiary alicyclic amines) is 2. The van der Waals surface area contributed by atoms with Crippen LogP contribution in [0, 0.1) is 5.92 Å². The molecule has 1 aromatic rings. The third-order valence-corrected chi connectivity index (χ3v) is 6.42. The molecule has 2 aliphatic heterocycles. The molecule has 2 saturated heterocycles. The number of piperidine rings is 1. The zero-order valence-corrected chi connectivity index (χ0v) is 16.8. The van der Waals surface area contributed by atoms with Crippen molar-refractivity contribution in [1.29, 1.82) is 0 Å². The molecular weight excluding hydrogens is 346 g/mol. The highest BCUT2D eigenvalue weighted by molar-refractivity contribution is 7.14. The molecule has 2 aliphatic rings.